The number of aromatic nitrogens is 3. The normalized spacial score (nSPS) is 19.3. The molecule has 0 spiro atoms. The van der Waals surface area contributed by atoms with Crippen molar-refractivity contribution < 1.29 is 18.3 Å². The Balaban J connectivity index is 1.74. The lowest BCUT2D eigenvalue weighted by atomic mass is 9.88. The molecular weight excluding hydrogens is 407 g/mol. The van der Waals surface area contributed by atoms with Crippen molar-refractivity contribution in [2.75, 3.05) is 24.5 Å². The Morgan fingerprint density at radius 2 is 2.06 bits per heavy atom. The third-order valence-electron chi connectivity index (χ3n) is 5.85. The quantitative estimate of drug-likeness (QED) is 0.556. The molecule has 1 saturated heterocycles. The number of nitrogens with zero attached hydrogens (tertiary/aromatic N) is 3. The van der Waals surface area contributed by atoms with Gasteiger partial charge in [-0.3, -0.25) is 0 Å². The fourth-order valence-electron chi connectivity index (χ4n) is 3.80. The zero-order chi connectivity index (χ0) is 22.4. The predicted octanol–water partition coefficient (Wildman–Crippen LogP) is 2.93. The number of rotatable bonds is 4. The van der Waals surface area contributed by atoms with Crippen molar-refractivity contribution >= 4 is 16.9 Å². The summed E-state index contributed by atoms with van der Waals surface area (Å²) < 4.78 is 42.7. The molecule has 3 aromatic heterocycles. The minimum atomic E-state index is -3.31. The molecule has 0 aromatic carbocycles. The van der Waals surface area contributed by atoms with Gasteiger partial charge in [-0.1, -0.05) is 5.92 Å². The Morgan fingerprint density at radius 3 is 2.77 bits per heavy atom. The monoisotopic (exact) mass is 429 g/mol. The van der Waals surface area contributed by atoms with E-state index in [0.717, 1.165) is 6.92 Å². The second-order valence-electron chi connectivity index (χ2n) is 7.91. The first-order chi connectivity index (χ1) is 14.6. The Morgan fingerprint density at radius 1 is 1.29 bits per heavy atom. The number of aliphatic hydroxyl groups is 1. The molecule has 0 aliphatic carbocycles. The van der Waals surface area contributed by atoms with Gasteiger partial charge in [0.25, 0.3) is 5.92 Å². The van der Waals surface area contributed by atoms with Gasteiger partial charge in [0.05, 0.1) is 6.04 Å². The molecule has 31 heavy (non-hydrogen) atoms. The largest absolute Gasteiger partial charge is 0.382 e. The van der Waals surface area contributed by atoms with Gasteiger partial charge in [0.2, 0.25) is 0 Å². The predicted molar refractivity (Wildman–Crippen MR) is 112 cm³/mol. The van der Waals surface area contributed by atoms with Crippen LogP contribution in [0.3, 0.4) is 0 Å². The van der Waals surface area contributed by atoms with Crippen molar-refractivity contribution in [2.45, 2.75) is 31.4 Å². The number of pyridine rings is 2. The molecule has 0 radical (unpaired) electrons. The summed E-state index contributed by atoms with van der Waals surface area (Å²) in [5.74, 6) is -0.964. The summed E-state index contributed by atoms with van der Waals surface area (Å²) in [5.41, 5.74) is -0.936. The second kappa shape index (κ2) is 7.55. The zero-order valence-corrected chi connectivity index (χ0v) is 17.1. The van der Waals surface area contributed by atoms with Gasteiger partial charge in [0.15, 0.2) is 0 Å². The van der Waals surface area contributed by atoms with Crippen LogP contribution in [0.2, 0.25) is 0 Å². The molecule has 0 saturated carbocycles. The number of hydrogen-bond acceptors (Lipinski definition) is 5. The number of aromatic amines is 1. The van der Waals surface area contributed by atoms with Crippen LogP contribution in [0.5, 0.6) is 0 Å². The van der Waals surface area contributed by atoms with Crippen LogP contribution >= 0.6 is 0 Å². The molecule has 0 bridgehead atoms. The summed E-state index contributed by atoms with van der Waals surface area (Å²) in [4.78, 5) is 13.4. The maximum Gasteiger partial charge on any atom is 0.274 e. The Kier molecular flexibility index (Phi) is 5.15. The highest BCUT2D eigenvalue weighted by Gasteiger charge is 2.51. The van der Waals surface area contributed by atoms with Crippen LogP contribution in [0.1, 0.15) is 19.5 Å². The number of anilines is 1. The molecule has 4 heterocycles. The van der Waals surface area contributed by atoms with E-state index in [2.05, 4.69) is 26.2 Å². The lowest BCUT2D eigenvalue weighted by molar-refractivity contribution is -0.174. The van der Waals surface area contributed by atoms with Gasteiger partial charge >= 0.3 is 0 Å². The summed E-state index contributed by atoms with van der Waals surface area (Å²) >= 11 is 0. The van der Waals surface area contributed by atoms with Crippen molar-refractivity contribution in [2.24, 2.45) is 0 Å². The molecule has 9 heteroatoms. The van der Waals surface area contributed by atoms with E-state index in [0.29, 0.717) is 48.1 Å². The van der Waals surface area contributed by atoms with Crippen molar-refractivity contribution in [1.29, 1.82) is 0 Å². The number of nitrogens with one attached hydrogen (secondary N) is 2. The average Bonchev–Trinajstić information content (AvgIpc) is 3.12. The molecule has 1 aliphatic heterocycles. The number of alkyl halides is 2. The van der Waals surface area contributed by atoms with Crippen LogP contribution in [0, 0.1) is 18.2 Å². The number of terminal acetylenes is 1. The molecule has 2 atom stereocenters. The van der Waals surface area contributed by atoms with Crippen LogP contribution < -0.4 is 10.2 Å². The Bertz CT molecular complexity index is 1160. The number of halogens is 3. The molecule has 6 nitrogen and oxygen atoms in total. The lowest BCUT2D eigenvalue weighted by Crippen LogP contribution is -2.65. The first kappa shape index (κ1) is 21.2. The summed E-state index contributed by atoms with van der Waals surface area (Å²) in [6, 6.07) is 5.34. The number of hydrogen-bond donors (Lipinski definition) is 3. The van der Waals surface area contributed by atoms with Gasteiger partial charge in [0.1, 0.15) is 34.3 Å². The van der Waals surface area contributed by atoms with Gasteiger partial charge in [0, 0.05) is 43.7 Å². The Hall–Kier alpha value is -3.09. The lowest BCUT2D eigenvalue weighted by Gasteiger charge is -2.43. The van der Waals surface area contributed by atoms with Crippen LogP contribution in [-0.4, -0.2) is 57.3 Å². The third kappa shape index (κ3) is 3.62. The number of H-pyrrole nitrogens is 1. The van der Waals surface area contributed by atoms with E-state index in [4.69, 9.17) is 6.42 Å². The van der Waals surface area contributed by atoms with E-state index in [1.165, 1.54) is 12.1 Å². The van der Waals surface area contributed by atoms with E-state index in [9.17, 15) is 18.3 Å². The smallest absolute Gasteiger partial charge is 0.274 e. The summed E-state index contributed by atoms with van der Waals surface area (Å²) in [5, 5.41) is 14.0. The highest BCUT2D eigenvalue weighted by molar-refractivity contribution is 5.96. The van der Waals surface area contributed by atoms with Crippen molar-refractivity contribution in [1.82, 2.24) is 20.3 Å². The summed E-state index contributed by atoms with van der Waals surface area (Å²) in [7, 11) is 0. The molecular formula is C22H22F3N5O. The number of piperazine rings is 1. The van der Waals surface area contributed by atoms with Gasteiger partial charge in [-0.25, -0.2) is 23.1 Å². The minimum Gasteiger partial charge on any atom is -0.382 e. The van der Waals surface area contributed by atoms with Gasteiger partial charge in [-0.05, 0) is 31.2 Å². The Labute approximate surface area is 177 Å². The molecule has 162 valence electrons. The maximum atomic E-state index is 14.8. The fraction of sp³-hybridized carbons (Fsp3) is 0.364. The van der Waals surface area contributed by atoms with Crippen LogP contribution in [0.15, 0.2) is 30.5 Å². The molecule has 2 unspecified atom stereocenters. The van der Waals surface area contributed by atoms with Gasteiger partial charge < -0.3 is 20.3 Å². The van der Waals surface area contributed by atoms with Crippen LogP contribution in [-0.2, 0) is 0 Å². The molecule has 4 rings (SSSR count). The molecule has 3 N–H and O–H groups in total. The van der Waals surface area contributed by atoms with Crippen LogP contribution in [0.25, 0.3) is 22.3 Å². The highest BCUT2D eigenvalue weighted by atomic mass is 19.3. The third-order valence-corrected chi connectivity index (χ3v) is 5.85. The van der Waals surface area contributed by atoms with E-state index >= 15 is 0 Å². The van der Waals surface area contributed by atoms with Crippen LogP contribution in [0.4, 0.5) is 19.0 Å². The standard InChI is InChI=1S/C22H22F3N5O/c1-4-15-18(13-6-5-9-27-20(13)28-15)19-14(23)7-8-17(29-19)30-11-10-26-16(12-30)21(2,31)22(3,24)25/h1,5-9,16,26,31H,10-12H2,2-3H3,(H,27,28). The van der Waals surface area contributed by atoms with E-state index in [1.807, 2.05) is 0 Å². The second-order valence-corrected chi connectivity index (χ2v) is 7.91. The van der Waals surface area contributed by atoms with Crippen molar-refractivity contribution in [3.05, 3.63) is 42.0 Å². The topological polar surface area (TPSA) is 77.1 Å². The SMILES string of the molecule is C#Cc1[nH]c2ncccc2c1-c1nc(N2CCNC(C(C)(O)C(C)(F)F)C2)ccc1F. The van der Waals surface area contributed by atoms with Gasteiger partial charge in [-0.2, -0.15) is 0 Å². The van der Waals surface area contributed by atoms with E-state index < -0.39 is 23.4 Å². The first-order valence-corrected chi connectivity index (χ1v) is 9.82. The zero-order valence-electron chi connectivity index (χ0n) is 17.1. The molecule has 1 aliphatic rings. The first-order valence-electron chi connectivity index (χ1n) is 9.82. The molecule has 3 aromatic rings. The summed E-state index contributed by atoms with van der Waals surface area (Å²) in [6.07, 6.45) is 7.21. The number of fused-ring (bicyclic) bond motifs is 1. The fourth-order valence-corrected chi connectivity index (χ4v) is 3.80. The summed E-state index contributed by atoms with van der Waals surface area (Å²) in [6.45, 7) is 2.69. The highest BCUT2D eigenvalue weighted by Crippen LogP contribution is 2.35. The minimum absolute atomic E-state index is 0.0485. The van der Waals surface area contributed by atoms with Crippen molar-refractivity contribution in [3.63, 3.8) is 0 Å². The van der Waals surface area contributed by atoms with E-state index in [1.54, 1.807) is 23.2 Å². The molecule has 1 fully saturated rings. The molecule has 0 amide bonds. The van der Waals surface area contributed by atoms with Crippen molar-refractivity contribution in [3.8, 4) is 23.6 Å². The van der Waals surface area contributed by atoms with Gasteiger partial charge in [-0.15, -0.1) is 6.42 Å². The average molecular weight is 429 g/mol. The van der Waals surface area contributed by atoms with E-state index in [-0.39, 0.29) is 12.2 Å². The maximum absolute atomic E-state index is 14.8.